The van der Waals surface area contributed by atoms with Gasteiger partial charge < -0.3 is 5.32 Å². The van der Waals surface area contributed by atoms with E-state index in [2.05, 4.69) is 30.5 Å². The summed E-state index contributed by atoms with van der Waals surface area (Å²) in [4.78, 5) is 24.9. The monoisotopic (exact) mass is 388 g/mol. The Kier molecular flexibility index (Phi) is 3.76. The average molecular weight is 388 g/mol. The molecule has 1 N–H and O–H groups in total. The summed E-state index contributed by atoms with van der Waals surface area (Å²) in [7, 11) is 1.79. The zero-order chi connectivity index (χ0) is 20.0. The van der Waals surface area contributed by atoms with E-state index in [1.165, 1.54) is 16.8 Å². The van der Waals surface area contributed by atoms with Crippen LogP contribution in [0.25, 0.3) is 27.9 Å². The van der Waals surface area contributed by atoms with Gasteiger partial charge in [-0.15, -0.1) is 5.10 Å². The smallest absolute Gasteiger partial charge is 0.293 e. The lowest BCUT2D eigenvalue weighted by molar-refractivity contribution is 0.636. The number of para-hydroxylation sites is 1. The Bertz CT molecular complexity index is 1440. The van der Waals surface area contributed by atoms with Crippen molar-refractivity contribution in [2.24, 2.45) is 7.05 Å². The summed E-state index contributed by atoms with van der Waals surface area (Å²) in [6, 6.07) is 9.48. The van der Waals surface area contributed by atoms with Gasteiger partial charge in [-0.05, 0) is 24.3 Å². The van der Waals surface area contributed by atoms with E-state index in [4.69, 9.17) is 0 Å². The van der Waals surface area contributed by atoms with Crippen molar-refractivity contribution in [1.82, 2.24) is 34.3 Å². The van der Waals surface area contributed by atoms with Crippen molar-refractivity contribution in [3.05, 3.63) is 71.2 Å². The lowest BCUT2D eigenvalue weighted by atomic mass is 10.2. The van der Waals surface area contributed by atoms with Crippen LogP contribution in [0.3, 0.4) is 0 Å². The summed E-state index contributed by atoms with van der Waals surface area (Å²) in [6.07, 6.45) is 4.80. The number of hydrogen-bond acceptors (Lipinski definition) is 7. The number of halogens is 1. The molecule has 0 saturated heterocycles. The van der Waals surface area contributed by atoms with Crippen molar-refractivity contribution in [2.45, 2.75) is 0 Å². The van der Waals surface area contributed by atoms with Crippen LogP contribution in [0, 0.1) is 5.82 Å². The van der Waals surface area contributed by atoms with Crippen LogP contribution in [0.1, 0.15) is 0 Å². The first-order chi connectivity index (χ1) is 14.1. The van der Waals surface area contributed by atoms with Gasteiger partial charge in [0.25, 0.3) is 5.56 Å². The van der Waals surface area contributed by atoms with Gasteiger partial charge in [-0.2, -0.15) is 9.61 Å². The molecule has 0 bridgehead atoms. The van der Waals surface area contributed by atoms with Crippen molar-refractivity contribution in [3.8, 4) is 11.4 Å². The second kappa shape index (κ2) is 6.44. The number of rotatable bonds is 3. The predicted octanol–water partition coefficient (Wildman–Crippen LogP) is 2.32. The first kappa shape index (κ1) is 16.9. The Hall–Kier alpha value is -4.21. The van der Waals surface area contributed by atoms with E-state index in [0.29, 0.717) is 22.4 Å². The molecule has 0 radical (unpaired) electrons. The minimum absolute atomic E-state index is 0.119. The normalized spacial score (nSPS) is 11.2. The molecule has 5 rings (SSSR count). The van der Waals surface area contributed by atoms with Crippen LogP contribution in [-0.2, 0) is 7.05 Å². The summed E-state index contributed by atoms with van der Waals surface area (Å²) >= 11 is 0. The molecular formula is C19H13FN8O. The zero-order valence-corrected chi connectivity index (χ0v) is 15.1. The fraction of sp³-hybridized carbons (Fsp3) is 0.0526. The average Bonchev–Trinajstić information content (AvgIpc) is 3.29. The highest BCUT2D eigenvalue weighted by Gasteiger charge is 2.17. The molecule has 0 unspecified atom stereocenters. The first-order valence-electron chi connectivity index (χ1n) is 8.66. The van der Waals surface area contributed by atoms with E-state index in [1.807, 2.05) is 0 Å². The molecule has 4 aromatic heterocycles. The molecule has 1 aromatic carbocycles. The molecule has 0 atom stereocenters. The van der Waals surface area contributed by atoms with Crippen LogP contribution in [0.2, 0.25) is 0 Å². The molecule has 142 valence electrons. The number of nitrogens with one attached hydrogen (secondary N) is 1. The molecule has 10 heteroatoms. The van der Waals surface area contributed by atoms with Crippen molar-refractivity contribution in [2.75, 3.05) is 5.32 Å². The fourth-order valence-corrected chi connectivity index (χ4v) is 3.01. The van der Waals surface area contributed by atoms with Gasteiger partial charge in [-0.1, -0.05) is 12.1 Å². The molecule has 0 aliphatic rings. The second-order valence-corrected chi connectivity index (χ2v) is 6.32. The highest BCUT2D eigenvalue weighted by molar-refractivity contribution is 5.93. The van der Waals surface area contributed by atoms with Gasteiger partial charge in [-0.25, -0.2) is 19.3 Å². The third-order valence-corrected chi connectivity index (χ3v) is 4.34. The molecule has 0 saturated carbocycles. The molecule has 0 amide bonds. The molecule has 4 heterocycles. The quantitative estimate of drug-likeness (QED) is 0.506. The highest BCUT2D eigenvalue weighted by Crippen LogP contribution is 2.26. The van der Waals surface area contributed by atoms with E-state index in [0.717, 1.165) is 0 Å². The van der Waals surface area contributed by atoms with Crippen LogP contribution >= 0.6 is 0 Å². The van der Waals surface area contributed by atoms with Crippen molar-refractivity contribution in [3.63, 3.8) is 0 Å². The molecule has 29 heavy (non-hydrogen) atoms. The SMILES string of the molecule is Cn1cc(-c2nc3c4cccc(F)c4nc(Nc4ccccnc4=O)n3n2)cn1. The molecule has 0 spiro atoms. The number of aryl methyl sites for hydroxylation is 1. The molecule has 0 aliphatic carbocycles. The number of hydrogen-bond donors (Lipinski definition) is 1. The number of benzene rings is 1. The standard InChI is InChI=1S/C19H13FN8O/c1-27-10-11(9-22-27)16-25-17-12-5-4-6-13(20)15(12)24-19(28(17)26-16)23-14-7-2-3-8-21-18(14)29/h2-10H,1H3,(H,21,23,24,29). The van der Waals surface area contributed by atoms with Gasteiger partial charge in [0.15, 0.2) is 11.5 Å². The maximum absolute atomic E-state index is 14.5. The third-order valence-electron chi connectivity index (χ3n) is 4.34. The summed E-state index contributed by atoms with van der Waals surface area (Å²) in [5, 5.41) is 12.0. The third kappa shape index (κ3) is 2.87. The fourth-order valence-electron chi connectivity index (χ4n) is 3.01. The van der Waals surface area contributed by atoms with Crippen LogP contribution < -0.4 is 10.9 Å². The van der Waals surface area contributed by atoms with Crippen molar-refractivity contribution >= 4 is 28.2 Å². The maximum Gasteiger partial charge on any atom is 0.293 e. The minimum atomic E-state index is -0.502. The first-order valence-corrected chi connectivity index (χ1v) is 8.66. The maximum atomic E-state index is 14.5. The number of anilines is 2. The van der Waals surface area contributed by atoms with Crippen molar-refractivity contribution in [1.29, 1.82) is 0 Å². The van der Waals surface area contributed by atoms with Gasteiger partial charge in [0.2, 0.25) is 5.95 Å². The lowest BCUT2D eigenvalue weighted by Crippen LogP contribution is -2.12. The Morgan fingerprint density at radius 3 is 2.83 bits per heavy atom. The van der Waals surface area contributed by atoms with Crippen LogP contribution in [-0.4, -0.2) is 34.3 Å². The van der Waals surface area contributed by atoms with Gasteiger partial charge in [0.05, 0.1) is 11.8 Å². The van der Waals surface area contributed by atoms with Crippen LogP contribution in [0.5, 0.6) is 0 Å². The van der Waals surface area contributed by atoms with Gasteiger partial charge in [0, 0.05) is 24.8 Å². The van der Waals surface area contributed by atoms with E-state index in [1.54, 1.807) is 54.5 Å². The molecule has 0 fully saturated rings. The summed E-state index contributed by atoms with van der Waals surface area (Å²) in [6.45, 7) is 0. The van der Waals surface area contributed by atoms with Gasteiger partial charge in [-0.3, -0.25) is 9.48 Å². The van der Waals surface area contributed by atoms with Crippen LogP contribution in [0.4, 0.5) is 16.0 Å². The summed E-state index contributed by atoms with van der Waals surface area (Å²) in [5.41, 5.74) is 0.915. The Morgan fingerprint density at radius 2 is 2.00 bits per heavy atom. The molecule has 9 nitrogen and oxygen atoms in total. The van der Waals surface area contributed by atoms with E-state index in [9.17, 15) is 9.18 Å². The second-order valence-electron chi connectivity index (χ2n) is 6.32. The predicted molar refractivity (Wildman–Crippen MR) is 104 cm³/mol. The Labute approximate surface area is 162 Å². The molecule has 5 aromatic rings. The molecule has 0 aliphatic heterocycles. The zero-order valence-electron chi connectivity index (χ0n) is 15.1. The van der Waals surface area contributed by atoms with Crippen LogP contribution in [0.15, 0.2) is 59.8 Å². The van der Waals surface area contributed by atoms with E-state index >= 15 is 0 Å². The largest absolute Gasteiger partial charge is 0.319 e. The topological polar surface area (TPSA) is 103 Å². The Balaban J connectivity index is 1.79. The van der Waals surface area contributed by atoms with Gasteiger partial charge >= 0.3 is 0 Å². The Morgan fingerprint density at radius 1 is 1.10 bits per heavy atom. The number of aromatic nitrogens is 7. The van der Waals surface area contributed by atoms with E-state index < -0.39 is 11.4 Å². The van der Waals surface area contributed by atoms with E-state index in [-0.39, 0.29) is 17.2 Å². The highest BCUT2D eigenvalue weighted by atomic mass is 19.1. The summed E-state index contributed by atoms with van der Waals surface area (Å²) < 4.78 is 17.5. The van der Waals surface area contributed by atoms with Gasteiger partial charge in [0.1, 0.15) is 17.0 Å². The summed E-state index contributed by atoms with van der Waals surface area (Å²) in [5.74, 6) is 0.0437. The number of nitrogens with zero attached hydrogens (tertiary/aromatic N) is 7. The van der Waals surface area contributed by atoms with Crippen molar-refractivity contribution < 1.29 is 4.39 Å². The molecular weight excluding hydrogens is 375 g/mol. The lowest BCUT2D eigenvalue weighted by Gasteiger charge is -2.08. The minimum Gasteiger partial charge on any atom is -0.319 e. The number of fused-ring (bicyclic) bond motifs is 3.